The van der Waals surface area contributed by atoms with Crippen molar-refractivity contribution in [2.75, 3.05) is 5.32 Å². The van der Waals surface area contributed by atoms with E-state index in [1.165, 1.54) is 0 Å². The smallest absolute Gasteiger partial charge is 0.163 e. The van der Waals surface area contributed by atoms with Gasteiger partial charge in [0.1, 0.15) is 0 Å². The summed E-state index contributed by atoms with van der Waals surface area (Å²) in [4.78, 5) is 7.34. The van der Waals surface area contributed by atoms with Gasteiger partial charge < -0.3 is 10.3 Å². The number of terminal acetylenes is 1. The van der Waals surface area contributed by atoms with Crippen LogP contribution in [-0.2, 0) is 6.54 Å². The molecule has 0 radical (unpaired) electrons. The minimum atomic E-state index is 0.702. The average molecular weight is 351 g/mol. The molecule has 0 atom stereocenters. The zero-order chi connectivity index (χ0) is 18.5. The quantitative estimate of drug-likeness (QED) is 0.531. The predicted octanol–water partition coefficient (Wildman–Crippen LogP) is 4.13. The molecule has 0 fully saturated rings. The Morgan fingerprint density at radius 3 is 2.41 bits per heavy atom. The largest absolute Gasteiger partial charge is 0.380 e. The van der Waals surface area contributed by atoms with Crippen molar-refractivity contribution >= 4 is 5.69 Å². The van der Waals surface area contributed by atoms with Crippen molar-refractivity contribution < 1.29 is 0 Å². The summed E-state index contributed by atoms with van der Waals surface area (Å²) in [5.74, 6) is 4.03. The van der Waals surface area contributed by atoms with Crippen LogP contribution < -0.4 is 5.32 Å². The Morgan fingerprint density at radius 1 is 0.889 bits per heavy atom. The first-order valence-corrected chi connectivity index (χ1v) is 8.55. The zero-order valence-electron chi connectivity index (χ0n) is 14.6. The zero-order valence-corrected chi connectivity index (χ0v) is 14.6. The van der Waals surface area contributed by atoms with Crippen LogP contribution in [0.1, 0.15) is 11.1 Å². The van der Waals surface area contributed by atoms with E-state index in [0.717, 1.165) is 27.9 Å². The molecule has 4 rings (SSSR count). The van der Waals surface area contributed by atoms with E-state index in [9.17, 15) is 0 Å². The minimum Gasteiger partial charge on any atom is -0.380 e. The Bertz CT molecular complexity index is 1080. The van der Waals surface area contributed by atoms with Crippen LogP contribution in [0.25, 0.3) is 22.8 Å². The van der Waals surface area contributed by atoms with E-state index < -0.39 is 0 Å². The number of benzene rings is 2. The van der Waals surface area contributed by atoms with Crippen LogP contribution >= 0.6 is 0 Å². The van der Waals surface area contributed by atoms with E-state index >= 15 is 0 Å². The van der Waals surface area contributed by atoms with Crippen molar-refractivity contribution in [2.24, 2.45) is 0 Å². The lowest BCUT2D eigenvalue weighted by Gasteiger charge is -2.10. The van der Waals surface area contributed by atoms with Gasteiger partial charge in [0, 0.05) is 41.3 Å². The Morgan fingerprint density at radius 2 is 1.63 bits per heavy atom. The molecular formula is C22H17N5. The highest BCUT2D eigenvalue weighted by Crippen LogP contribution is 2.27. The molecule has 2 heterocycles. The van der Waals surface area contributed by atoms with Gasteiger partial charge in [-0.2, -0.15) is 0 Å². The molecule has 0 saturated carbocycles. The van der Waals surface area contributed by atoms with Crippen LogP contribution in [0, 0.1) is 12.3 Å². The minimum absolute atomic E-state index is 0.702. The maximum absolute atomic E-state index is 5.41. The molecule has 0 saturated heterocycles. The van der Waals surface area contributed by atoms with Crippen molar-refractivity contribution in [2.45, 2.75) is 6.54 Å². The highest BCUT2D eigenvalue weighted by molar-refractivity contribution is 5.74. The predicted molar refractivity (Wildman–Crippen MR) is 107 cm³/mol. The summed E-state index contributed by atoms with van der Waals surface area (Å²) >= 11 is 0. The number of hydrogen-bond acceptors (Lipinski definition) is 4. The molecule has 4 aromatic rings. The van der Waals surface area contributed by atoms with E-state index in [4.69, 9.17) is 6.42 Å². The summed E-state index contributed by atoms with van der Waals surface area (Å²) in [6.07, 6.45) is 8.99. The van der Waals surface area contributed by atoms with Crippen LogP contribution in [-0.4, -0.2) is 20.2 Å². The fourth-order valence-electron chi connectivity index (χ4n) is 2.78. The summed E-state index contributed by atoms with van der Waals surface area (Å²) in [7, 11) is 0. The molecule has 5 heteroatoms. The number of pyridine rings is 1. The lowest BCUT2D eigenvalue weighted by Crippen LogP contribution is -2.01. The summed E-state index contributed by atoms with van der Waals surface area (Å²) < 4.78 is 0. The first-order chi connectivity index (χ1) is 13.3. The summed E-state index contributed by atoms with van der Waals surface area (Å²) in [6, 6.07) is 19.7. The van der Waals surface area contributed by atoms with Gasteiger partial charge in [-0.1, -0.05) is 18.1 Å². The number of anilines is 1. The van der Waals surface area contributed by atoms with Gasteiger partial charge in [0.25, 0.3) is 0 Å². The van der Waals surface area contributed by atoms with Gasteiger partial charge in [-0.3, -0.25) is 4.98 Å². The summed E-state index contributed by atoms with van der Waals surface area (Å²) in [5.41, 5.74) is 4.89. The molecule has 0 aliphatic heterocycles. The Labute approximate surface area is 157 Å². The van der Waals surface area contributed by atoms with Crippen molar-refractivity contribution in [1.29, 1.82) is 0 Å². The van der Waals surface area contributed by atoms with E-state index in [1.807, 2.05) is 60.7 Å². The highest BCUT2D eigenvalue weighted by Gasteiger charge is 2.11. The Balaban J connectivity index is 1.58. The van der Waals surface area contributed by atoms with Crippen LogP contribution in [0.3, 0.4) is 0 Å². The fourth-order valence-corrected chi connectivity index (χ4v) is 2.78. The molecule has 0 aliphatic rings. The monoisotopic (exact) mass is 351 g/mol. The lowest BCUT2D eigenvalue weighted by molar-refractivity contribution is 1.09. The van der Waals surface area contributed by atoms with Crippen molar-refractivity contribution in [1.82, 2.24) is 20.2 Å². The number of nitrogens with zero attached hydrogens (tertiary/aromatic N) is 3. The normalized spacial score (nSPS) is 10.3. The number of H-pyrrole nitrogens is 1. The number of hydrogen-bond donors (Lipinski definition) is 2. The van der Waals surface area contributed by atoms with Gasteiger partial charge in [0.2, 0.25) is 0 Å². The Kier molecular flexibility index (Phi) is 4.62. The molecule has 0 aliphatic carbocycles. The second-order valence-electron chi connectivity index (χ2n) is 6.00. The van der Waals surface area contributed by atoms with Crippen molar-refractivity contribution in [3.63, 3.8) is 0 Å². The maximum atomic E-state index is 5.41. The summed E-state index contributed by atoms with van der Waals surface area (Å²) in [5, 5.41) is 12.1. The molecule has 0 unspecified atom stereocenters. The van der Waals surface area contributed by atoms with Gasteiger partial charge in [0.15, 0.2) is 11.6 Å². The van der Waals surface area contributed by atoms with Crippen LogP contribution in [0.4, 0.5) is 5.69 Å². The number of aromatic nitrogens is 4. The molecule has 2 aromatic carbocycles. The number of nitrogens with one attached hydrogen (secondary N) is 2. The van der Waals surface area contributed by atoms with E-state index in [1.54, 1.807) is 12.4 Å². The van der Waals surface area contributed by atoms with E-state index in [2.05, 4.69) is 31.4 Å². The lowest BCUT2D eigenvalue weighted by atomic mass is 10.1. The third-order valence-electron chi connectivity index (χ3n) is 4.23. The van der Waals surface area contributed by atoms with Crippen molar-refractivity contribution in [3.8, 4) is 35.1 Å². The van der Waals surface area contributed by atoms with Gasteiger partial charge in [-0.15, -0.1) is 16.6 Å². The van der Waals surface area contributed by atoms with Gasteiger partial charge >= 0.3 is 0 Å². The molecule has 0 bridgehead atoms. The molecule has 27 heavy (non-hydrogen) atoms. The molecule has 2 aromatic heterocycles. The fraction of sp³-hybridized carbons (Fsp3) is 0.0455. The third-order valence-corrected chi connectivity index (χ3v) is 4.23. The number of rotatable bonds is 5. The third kappa shape index (κ3) is 3.70. The first kappa shape index (κ1) is 16.6. The van der Waals surface area contributed by atoms with E-state index in [-0.39, 0.29) is 0 Å². The average Bonchev–Trinajstić information content (AvgIpc) is 3.23. The van der Waals surface area contributed by atoms with Crippen LogP contribution in [0.15, 0.2) is 73.1 Å². The van der Waals surface area contributed by atoms with Crippen molar-refractivity contribution in [3.05, 3.63) is 84.2 Å². The Hall–Kier alpha value is -3.91. The second kappa shape index (κ2) is 7.54. The van der Waals surface area contributed by atoms with Crippen LogP contribution in [0.5, 0.6) is 0 Å². The molecule has 0 spiro atoms. The number of para-hydroxylation sites is 1. The number of aromatic amines is 1. The van der Waals surface area contributed by atoms with Gasteiger partial charge in [-0.05, 0) is 54.1 Å². The first-order valence-electron chi connectivity index (χ1n) is 8.55. The molecule has 5 nitrogen and oxygen atoms in total. The van der Waals surface area contributed by atoms with Gasteiger partial charge in [0.05, 0.1) is 0 Å². The second-order valence-corrected chi connectivity index (χ2v) is 6.00. The van der Waals surface area contributed by atoms with Gasteiger partial charge in [-0.25, -0.2) is 0 Å². The molecule has 0 amide bonds. The molecule has 130 valence electrons. The standard InChI is InChI=1S/C22H17N5/c1-2-16-7-9-18(10-8-16)21-25-22(27-26-21)19-5-3-4-6-20(19)24-15-17-11-13-23-14-12-17/h1,3-14,24H,15H2,(H,25,26,27). The topological polar surface area (TPSA) is 66.5 Å². The maximum Gasteiger partial charge on any atom is 0.163 e. The molecule has 2 N–H and O–H groups in total. The van der Waals surface area contributed by atoms with Crippen LogP contribution in [0.2, 0.25) is 0 Å². The van der Waals surface area contributed by atoms with E-state index in [0.29, 0.717) is 18.2 Å². The molecular weight excluding hydrogens is 334 g/mol. The SMILES string of the molecule is C#Cc1ccc(-c2nnc(-c3ccccc3NCc3ccncc3)[nH]2)cc1. The summed E-state index contributed by atoms with van der Waals surface area (Å²) in [6.45, 7) is 0.702. The highest BCUT2D eigenvalue weighted by atomic mass is 15.2.